The van der Waals surface area contributed by atoms with Gasteiger partial charge in [0.1, 0.15) is 16.5 Å². The summed E-state index contributed by atoms with van der Waals surface area (Å²) in [5, 5.41) is 9.69. The van der Waals surface area contributed by atoms with Gasteiger partial charge in [0.05, 0.1) is 11.0 Å². The molecule has 5 nitrogen and oxygen atoms in total. The Morgan fingerprint density at radius 2 is 2.07 bits per heavy atom. The number of aromatic nitrogens is 3. The largest absolute Gasteiger partial charge is 0.328 e. The molecule has 5 rings (SSSR count). The number of rotatable bonds is 3. The third kappa shape index (κ3) is 3.17. The highest BCUT2D eigenvalue weighted by Gasteiger charge is 2.16. The fraction of sp³-hybridized carbons (Fsp3) is 0.250. The van der Waals surface area contributed by atoms with Crippen molar-refractivity contribution in [1.82, 2.24) is 14.5 Å². The number of aryl methyl sites for hydroxylation is 2. The molecule has 1 amide bonds. The molecular formula is C20H18N4OS2. The number of imidazole rings is 1. The summed E-state index contributed by atoms with van der Waals surface area (Å²) in [4.78, 5) is 21.8. The zero-order chi connectivity index (χ0) is 18.2. The van der Waals surface area contributed by atoms with Crippen molar-refractivity contribution in [3.8, 4) is 10.6 Å². The van der Waals surface area contributed by atoms with E-state index in [9.17, 15) is 4.79 Å². The van der Waals surface area contributed by atoms with Gasteiger partial charge in [-0.1, -0.05) is 6.42 Å². The first-order valence-electron chi connectivity index (χ1n) is 9.06. The smallest absolute Gasteiger partial charge is 0.275 e. The van der Waals surface area contributed by atoms with E-state index >= 15 is 0 Å². The maximum Gasteiger partial charge on any atom is 0.275 e. The van der Waals surface area contributed by atoms with E-state index in [-0.39, 0.29) is 5.91 Å². The van der Waals surface area contributed by atoms with Gasteiger partial charge in [-0.05, 0) is 42.5 Å². The van der Waals surface area contributed by atoms with Crippen LogP contribution in [0.3, 0.4) is 0 Å². The van der Waals surface area contributed by atoms with Crippen LogP contribution in [0.25, 0.3) is 21.6 Å². The van der Waals surface area contributed by atoms with E-state index in [0.29, 0.717) is 5.69 Å². The number of benzene rings is 1. The number of hydrogen-bond acceptors (Lipinski definition) is 5. The fourth-order valence-corrected chi connectivity index (χ4v) is 5.03. The van der Waals surface area contributed by atoms with Crippen molar-refractivity contribution in [2.75, 3.05) is 5.32 Å². The Labute approximate surface area is 164 Å². The Bertz CT molecular complexity index is 1110. The van der Waals surface area contributed by atoms with Crippen molar-refractivity contribution in [3.63, 3.8) is 0 Å². The highest BCUT2D eigenvalue weighted by Crippen LogP contribution is 2.27. The first-order valence-corrected chi connectivity index (χ1v) is 10.9. The summed E-state index contributed by atoms with van der Waals surface area (Å²) in [7, 11) is 0. The van der Waals surface area contributed by atoms with Crippen LogP contribution in [0.5, 0.6) is 0 Å². The second kappa shape index (κ2) is 6.90. The van der Waals surface area contributed by atoms with Gasteiger partial charge >= 0.3 is 0 Å². The fourth-order valence-electron chi connectivity index (χ4n) is 3.52. The monoisotopic (exact) mass is 394 g/mol. The number of nitrogens with one attached hydrogen (secondary N) is 1. The van der Waals surface area contributed by atoms with Gasteiger partial charge in [-0.2, -0.15) is 11.3 Å². The molecule has 0 saturated carbocycles. The summed E-state index contributed by atoms with van der Waals surface area (Å²) in [5.74, 6) is 0.971. The summed E-state index contributed by atoms with van der Waals surface area (Å²) < 4.78 is 2.32. The third-order valence-corrected chi connectivity index (χ3v) is 6.45. The molecule has 0 aliphatic carbocycles. The van der Waals surface area contributed by atoms with Crippen molar-refractivity contribution >= 4 is 45.3 Å². The molecule has 0 unspecified atom stereocenters. The van der Waals surface area contributed by atoms with E-state index < -0.39 is 0 Å². The van der Waals surface area contributed by atoms with Crippen molar-refractivity contribution in [1.29, 1.82) is 0 Å². The molecule has 4 aromatic rings. The second-order valence-corrected chi connectivity index (χ2v) is 8.34. The topological polar surface area (TPSA) is 59.8 Å². The predicted octanol–water partition coefficient (Wildman–Crippen LogP) is 5.20. The number of amides is 1. The number of hydrogen-bond donors (Lipinski definition) is 1. The van der Waals surface area contributed by atoms with Crippen LogP contribution in [-0.4, -0.2) is 20.4 Å². The molecule has 4 heterocycles. The van der Waals surface area contributed by atoms with Gasteiger partial charge in [-0.3, -0.25) is 4.79 Å². The Morgan fingerprint density at radius 3 is 2.96 bits per heavy atom. The summed E-state index contributed by atoms with van der Waals surface area (Å²) >= 11 is 3.11. The van der Waals surface area contributed by atoms with Crippen LogP contribution in [0, 0.1) is 0 Å². The first-order chi connectivity index (χ1) is 13.3. The van der Waals surface area contributed by atoms with Gasteiger partial charge < -0.3 is 9.88 Å². The minimum atomic E-state index is -0.187. The highest BCUT2D eigenvalue weighted by molar-refractivity contribution is 7.14. The molecule has 136 valence electrons. The summed E-state index contributed by atoms with van der Waals surface area (Å²) in [6.45, 7) is 1.03. The molecule has 1 N–H and O–H groups in total. The summed E-state index contributed by atoms with van der Waals surface area (Å²) in [6.07, 6.45) is 4.69. The summed E-state index contributed by atoms with van der Waals surface area (Å²) in [6, 6.07) is 7.99. The van der Waals surface area contributed by atoms with Crippen LogP contribution < -0.4 is 5.32 Å². The molecule has 7 heteroatoms. The number of anilines is 1. The Morgan fingerprint density at radius 1 is 1.11 bits per heavy atom. The van der Waals surface area contributed by atoms with Crippen LogP contribution in [-0.2, 0) is 13.0 Å². The average Bonchev–Trinajstić information content (AvgIpc) is 3.38. The van der Waals surface area contributed by atoms with Gasteiger partial charge in [0.2, 0.25) is 0 Å². The SMILES string of the molecule is O=C(Nc1ccc2c(c1)nc1n2CCCCC1)c1csc(-c2ccsc2)n1. The van der Waals surface area contributed by atoms with E-state index in [1.54, 1.807) is 16.7 Å². The lowest BCUT2D eigenvalue weighted by Crippen LogP contribution is -2.12. The van der Waals surface area contributed by atoms with Crippen molar-refractivity contribution in [3.05, 3.63) is 51.9 Å². The Balaban J connectivity index is 1.39. The maximum absolute atomic E-state index is 12.6. The molecule has 0 radical (unpaired) electrons. The molecular weight excluding hydrogens is 376 g/mol. The molecule has 1 aliphatic rings. The number of nitrogens with zero attached hydrogens (tertiary/aromatic N) is 3. The first kappa shape index (κ1) is 16.6. The summed E-state index contributed by atoms with van der Waals surface area (Å²) in [5.41, 5.74) is 4.36. The van der Waals surface area contributed by atoms with E-state index in [0.717, 1.165) is 46.1 Å². The maximum atomic E-state index is 12.6. The lowest BCUT2D eigenvalue weighted by molar-refractivity contribution is 0.102. The van der Waals surface area contributed by atoms with Gasteiger partial charge in [0.15, 0.2) is 0 Å². The molecule has 3 aromatic heterocycles. The average molecular weight is 395 g/mol. The molecule has 0 bridgehead atoms. The minimum absolute atomic E-state index is 0.187. The number of carbonyl (C=O) groups excluding carboxylic acids is 1. The predicted molar refractivity (Wildman–Crippen MR) is 111 cm³/mol. The zero-order valence-corrected chi connectivity index (χ0v) is 16.3. The normalized spacial score (nSPS) is 14.1. The van der Waals surface area contributed by atoms with E-state index in [4.69, 9.17) is 4.98 Å². The van der Waals surface area contributed by atoms with E-state index in [1.807, 2.05) is 29.0 Å². The van der Waals surface area contributed by atoms with Crippen LogP contribution in [0.1, 0.15) is 35.6 Å². The van der Waals surface area contributed by atoms with Crippen LogP contribution in [0.2, 0.25) is 0 Å². The molecule has 0 fully saturated rings. The van der Waals surface area contributed by atoms with Gasteiger partial charge in [0, 0.05) is 35.0 Å². The molecule has 1 aromatic carbocycles. The molecule has 0 saturated heterocycles. The Hall–Kier alpha value is -2.51. The van der Waals surface area contributed by atoms with Crippen LogP contribution >= 0.6 is 22.7 Å². The van der Waals surface area contributed by atoms with Crippen molar-refractivity contribution < 1.29 is 4.79 Å². The van der Waals surface area contributed by atoms with Crippen LogP contribution in [0.4, 0.5) is 5.69 Å². The standard InChI is InChI=1S/C20H18N4OS2/c25-19(16-12-27-20(23-16)13-7-9-26-11-13)21-14-5-6-17-15(10-14)22-18-4-2-1-3-8-24(17)18/h5-7,9-12H,1-4,8H2,(H,21,25). The van der Waals surface area contributed by atoms with Crippen molar-refractivity contribution in [2.45, 2.75) is 32.2 Å². The molecule has 0 atom stereocenters. The second-order valence-electron chi connectivity index (χ2n) is 6.70. The van der Waals surface area contributed by atoms with Gasteiger partial charge in [-0.25, -0.2) is 9.97 Å². The zero-order valence-electron chi connectivity index (χ0n) is 14.6. The third-order valence-electron chi connectivity index (χ3n) is 4.87. The molecule has 0 spiro atoms. The lowest BCUT2D eigenvalue weighted by Gasteiger charge is -2.06. The van der Waals surface area contributed by atoms with E-state index in [1.165, 1.54) is 30.6 Å². The number of thiophene rings is 1. The minimum Gasteiger partial charge on any atom is -0.328 e. The van der Waals surface area contributed by atoms with Gasteiger partial charge in [-0.15, -0.1) is 11.3 Å². The molecule has 27 heavy (non-hydrogen) atoms. The number of fused-ring (bicyclic) bond motifs is 3. The van der Waals surface area contributed by atoms with Crippen molar-refractivity contribution in [2.24, 2.45) is 0 Å². The van der Waals surface area contributed by atoms with Gasteiger partial charge in [0.25, 0.3) is 5.91 Å². The Kier molecular flexibility index (Phi) is 4.26. The lowest BCUT2D eigenvalue weighted by atomic mass is 10.2. The number of carbonyl (C=O) groups is 1. The quantitative estimate of drug-likeness (QED) is 0.519. The highest BCUT2D eigenvalue weighted by atomic mass is 32.1. The van der Waals surface area contributed by atoms with Crippen LogP contribution in [0.15, 0.2) is 40.4 Å². The number of thiazole rings is 1. The molecule has 1 aliphatic heterocycles. The van der Waals surface area contributed by atoms with E-state index in [2.05, 4.69) is 20.9 Å².